The van der Waals surface area contributed by atoms with Crippen LogP contribution >= 0.6 is 11.3 Å². The van der Waals surface area contributed by atoms with Gasteiger partial charge < -0.3 is 14.8 Å². The fourth-order valence-corrected chi connectivity index (χ4v) is 2.58. The van der Waals surface area contributed by atoms with Crippen molar-refractivity contribution in [2.24, 2.45) is 0 Å². The summed E-state index contributed by atoms with van der Waals surface area (Å²) in [7, 11) is 3.16. The third-order valence-corrected chi connectivity index (χ3v) is 3.47. The molecular weight excluding hydrogens is 278 g/mol. The number of nitrogens with zero attached hydrogens (tertiary/aromatic N) is 1. The highest BCUT2D eigenvalue weighted by Crippen LogP contribution is 2.36. The summed E-state index contributed by atoms with van der Waals surface area (Å²) in [6.45, 7) is 3.79. The number of thiazole rings is 1. The van der Waals surface area contributed by atoms with E-state index >= 15 is 0 Å². The van der Waals surface area contributed by atoms with E-state index in [1.54, 1.807) is 20.3 Å². The Balaban J connectivity index is 2.27. The van der Waals surface area contributed by atoms with Crippen LogP contribution < -0.4 is 20.1 Å². The van der Waals surface area contributed by atoms with Gasteiger partial charge in [-0.1, -0.05) is 11.3 Å². The van der Waals surface area contributed by atoms with E-state index in [1.807, 2.05) is 19.9 Å². The van der Waals surface area contributed by atoms with Crippen molar-refractivity contribution in [2.45, 2.75) is 19.9 Å². The van der Waals surface area contributed by atoms with Gasteiger partial charge >= 0.3 is 6.03 Å². The minimum atomic E-state index is -0.266. The summed E-state index contributed by atoms with van der Waals surface area (Å²) < 4.78 is 11.4. The molecule has 1 aromatic carbocycles. The lowest BCUT2D eigenvalue weighted by molar-refractivity contribution is 0.250. The number of aromatic nitrogens is 1. The van der Waals surface area contributed by atoms with Crippen LogP contribution in [0.25, 0.3) is 10.2 Å². The number of nitrogens with one attached hydrogen (secondary N) is 2. The van der Waals surface area contributed by atoms with Crippen molar-refractivity contribution < 1.29 is 14.3 Å². The summed E-state index contributed by atoms with van der Waals surface area (Å²) >= 11 is 1.38. The predicted molar refractivity (Wildman–Crippen MR) is 80.0 cm³/mol. The van der Waals surface area contributed by atoms with Gasteiger partial charge in [-0.05, 0) is 13.8 Å². The van der Waals surface area contributed by atoms with E-state index in [0.717, 1.165) is 10.2 Å². The average Bonchev–Trinajstić information content (AvgIpc) is 2.76. The zero-order valence-electron chi connectivity index (χ0n) is 11.8. The molecule has 0 fully saturated rings. The summed E-state index contributed by atoms with van der Waals surface area (Å²) in [5.41, 5.74) is 0.757. The molecule has 108 valence electrons. The molecule has 2 aromatic rings. The monoisotopic (exact) mass is 295 g/mol. The van der Waals surface area contributed by atoms with Crippen LogP contribution in [0.3, 0.4) is 0 Å². The lowest BCUT2D eigenvalue weighted by Gasteiger charge is -2.07. The number of ether oxygens (including phenoxy) is 2. The number of anilines is 1. The maximum absolute atomic E-state index is 11.6. The van der Waals surface area contributed by atoms with E-state index in [4.69, 9.17) is 9.47 Å². The molecule has 1 heterocycles. The second kappa shape index (κ2) is 5.96. The zero-order chi connectivity index (χ0) is 14.7. The number of rotatable bonds is 4. The van der Waals surface area contributed by atoms with E-state index < -0.39 is 0 Å². The Bertz CT molecular complexity index is 584. The number of hydrogen-bond acceptors (Lipinski definition) is 5. The number of benzene rings is 1. The maximum Gasteiger partial charge on any atom is 0.321 e. The van der Waals surface area contributed by atoms with Crippen LogP contribution in [0, 0.1) is 0 Å². The Hall–Kier alpha value is -2.02. The molecule has 0 saturated carbocycles. The Morgan fingerprint density at radius 3 is 2.50 bits per heavy atom. The molecule has 0 aliphatic heterocycles. The van der Waals surface area contributed by atoms with Crippen LogP contribution in [0.1, 0.15) is 13.8 Å². The molecule has 0 spiro atoms. The van der Waals surface area contributed by atoms with E-state index in [-0.39, 0.29) is 12.1 Å². The van der Waals surface area contributed by atoms with Crippen molar-refractivity contribution in [1.82, 2.24) is 10.3 Å². The number of hydrogen-bond donors (Lipinski definition) is 2. The SMILES string of the molecule is COc1cc2nc(NC(=O)NC(C)C)sc2cc1OC. The molecule has 0 saturated heterocycles. The van der Waals surface area contributed by atoms with Gasteiger partial charge in [0.1, 0.15) is 0 Å². The van der Waals surface area contributed by atoms with E-state index in [2.05, 4.69) is 15.6 Å². The summed E-state index contributed by atoms with van der Waals surface area (Å²) in [4.78, 5) is 16.0. The van der Waals surface area contributed by atoms with Crippen molar-refractivity contribution >= 4 is 32.7 Å². The molecule has 0 unspecified atom stereocenters. The number of carbonyl (C=O) groups excluding carboxylic acids is 1. The molecule has 2 rings (SSSR count). The third kappa shape index (κ3) is 3.11. The molecule has 0 atom stereocenters. The molecule has 2 amide bonds. The van der Waals surface area contributed by atoms with Gasteiger partial charge in [0, 0.05) is 18.2 Å². The first-order valence-corrected chi connectivity index (χ1v) is 6.95. The highest BCUT2D eigenvalue weighted by Gasteiger charge is 2.12. The minimum Gasteiger partial charge on any atom is -0.493 e. The summed E-state index contributed by atoms with van der Waals surface area (Å²) in [6, 6.07) is 3.44. The van der Waals surface area contributed by atoms with Crippen LogP contribution in [0.4, 0.5) is 9.93 Å². The molecule has 0 bridgehead atoms. The topological polar surface area (TPSA) is 72.5 Å². The molecular formula is C13H17N3O3S. The van der Waals surface area contributed by atoms with Gasteiger partial charge in [0.2, 0.25) is 0 Å². The van der Waals surface area contributed by atoms with Crippen LogP contribution in [-0.4, -0.2) is 31.3 Å². The average molecular weight is 295 g/mol. The largest absolute Gasteiger partial charge is 0.493 e. The zero-order valence-corrected chi connectivity index (χ0v) is 12.6. The Morgan fingerprint density at radius 2 is 1.90 bits per heavy atom. The van der Waals surface area contributed by atoms with Crippen LogP contribution in [-0.2, 0) is 0 Å². The second-order valence-corrected chi connectivity index (χ2v) is 5.48. The fourth-order valence-electron chi connectivity index (χ4n) is 1.70. The lowest BCUT2D eigenvalue weighted by atomic mass is 10.3. The summed E-state index contributed by atoms with van der Waals surface area (Å²) in [5.74, 6) is 1.25. The van der Waals surface area contributed by atoms with Gasteiger partial charge in [-0.3, -0.25) is 5.32 Å². The number of amides is 2. The maximum atomic E-state index is 11.6. The van der Waals surface area contributed by atoms with Crippen molar-refractivity contribution in [3.8, 4) is 11.5 Å². The second-order valence-electron chi connectivity index (χ2n) is 4.45. The van der Waals surface area contributed by atoms with E-state index in [9.17, 15) is 4.79 Å². The van der Waals surface area contributed by atoms with E-state index in [1.165, 1.54) is 11.3 Å². The molecule has 7 heteroatoms. The van der Waals surface area contributed by atoms with Gasteiger partial charge in [-0.15, -0.1) is 0 Å². The Kier molecular flexibility index (Phi) is 4.29. The molecule has 0 aliphatic carbocycles. The molecule has 20 heavy (non-hydrogen) atoms. The van der Waals surface area contributed by atoms with Gasteiger partial charge in [0.05, 0.1) is 24.4 Å². The van der Waals surface area contributed by atoms with Gasteiger partial charge in [0.15, 0.2) is 16.6 Å². The Morgan fingerprint density at radius 1 is 1.25 bits per heavy atom. The molecule has 2 N–H and O–H groups in total. The quantitative estimate of drug-likeness (QED) is 0.909. The lowest BCUT2D eigenvalue weighted by Crippen LogP contribution is -2.34. The molecule has 6 nitrogen and oxygen atoms in total. The van der Waals surface area contributed by atoms with Crippen molar-refractivity contribution in [3.05, 3.63) is 12.1 Å². The van der Waals surface area contributed by atoms with Crippen LogP contribution in [0.5, 0.6) is 11.5 Å². The number of fused-ring (bicyclic) bond motifs is 1. The van der Waals surface area contributed by atoms with Crippen LogP contribution in [0.15, 0.2) is 12.1 Å². The first kappa shape index (κ1) is 14.4. The standard InChI is InChI=1S/C13H17N3O3S/c1-7(2)14-12(17)16-13-15-8-5-9(18-3)10(19-4)6-11(8)20-13/h5-7H,1-4H3,(H2,14,15,16,17). The molecule has 1 aromatic heterocycles. The predicted octanol–water partition coefficient (Wildman–Crippen LogP) is 2.84. The minimum absolute atomic E-state index is 0.0737. The fraction of sp³-hybridized carbons (Fsp3) is 0.385. The first-order valence-electron chi connectivity index (χ1n) is 6.13. The first-order chi connectivity index (χ1) is 9.53. The van der Waals surface area contributed by atoms with Crippen LogP contribution in [0.2, 0.25) is 0 Å². The number of carbonyl (C=O) groups is 1. The molecule has 0 aliphatic rings. The Labute approximate surface area is 121 Å². The number of urea groups is 1. The summed E-state index contributed by atoms with van der Waals surface area (Å²) in [5, 5.41) is 6.00. The van der Waals surface area contributed by atoms with Gasteiger partial charge in [-0.2, -0.15) is 0 Å². The third-order valence-electron chi connectivity index (χ3n) is 2.53. The van der Waals surface area contributed by atoms with Crippen molar-refractivity contribution in [2.75, 3.05) is 19.5 Å². The van der Waals surface area contributed by atoms with E-state index in [0.29, 0.717) is 16.6 Å². The van der Waals surface area contributed by atoms with Crippen molar-refractivity contribution in [3.63, 3.8) is 0 Å². The molecule has 0 radical (unpaired) electrons. The number of methoxy groups -OCH3 is 2. The van der Waals surface area contributed by atoms with Crippen molar-refractivity contribution in [1.29, 1.82) is 0 Å². The van der Waals surface area contributed by atoms with Gasteiger partial charge in [0.25, 0.3) is 0 Å². The van der Waals surface area contributed by atoms with Gasteiger partial charge in [-0.25, -0.2) is 9.78 Å². The summed E-state index contributed by atoms with van der Waals surface area (Å²) in [6.07, 6.45) is 0. The highest BCUT2D eigenvalue weighted by atomic mass is 32.1. The normalized spacial score (nSPS) is 10.7. The smallest absolute Gasteiger partial charge is 0.321 e. The highest BCUT2D eigenvalue weighted by molar-refractivity contribution is 7.22.